The predicted octanol–water partition coefficient (Wildman–Crippen LogP) is 1.53. The second-order valence-corrected chi connectivity index (χ2v) is 6.40. The van der Waals surface area contributed by atoms with Gasteiger partial charge in [-0.25, -0.2) is 0 Å². The Morgan fingerprint density at radius 1 is 1.32 bits per heavy atom. The second-order valence-electron chi connectivity index (χ2n) is 5.28. The van der Waals surface area contributed by atoms with Crippen molar-refractivity contribution in [2.45, 2.75) is 30.3 Å². The number of rotatable bonds is 2. The van der Waals surface area contributed by atoms with Gasteiger partial charge in [0.05, 0.1) is 0 Å². The summed E-state index contributed by atoms with van der Waals surface area (Å²) in [4.78, 5) is 26.4. The van der Waals surface area contributed by atoms with Crippen LogP contribution in [0.1, 0.15) is 34.1 Å². The van der Waals surface area contributed by atoms with Crippen LogP contribution in [0.3, 0.4) is 0 Å². The van der Waals surface area contributed by atoms with E-state index in [2.05, 4.69) is 5.32 Å². The van der Waals surface area contributed by atoms with Crippen molar-refractivity contribution in [1.29, 1.82) is 0 Å². The molecule has 2 heterocycles. The third-order valence-corrected chi connectivity index (χ3v) is 5.22. The van der Waals surface area contributed by atoms with Gasteiger partial charge in [-0.15, -0.1) is 11.8 Å². The first-order valence-corrected chi connectivity index (χ1v) is 7.64. The molecule has 0 bridgehead atoms. The summed E-state index contributed by atoms with van der Waals surface area (Å²) < 4.78 is 0. The first kappa shape index (κ1) is 11.3. The summed E-state index contributed by atoms with van der Waals surface area (Å²) in [5, 5.41) is 3.04. The largest absolute Gasteiger partial charge is 0.352 e. The van der Waals surface area contributed by atoms with Crippen LogP contribution in [0.4, 0.5) is 0 Å². The summed E-state index contributed by atoms with van der Waals surface area (Å²) in [6.07, 6.45) is 2.15. The van der Waals surface area contributed by atoms with Gasteiger partial charge < -0.3 is 10.2 Å². The zero-order valence-corrected chi connectivity index (χ0v) is 11.2. The number of nitrogens with one attached hydrogen (secondary N) is 1. The Labute approximate surface area is 115 Å². The van der Waals surface area contributed by atoms with Crippen LogP contribution < -0.4 is 5.32 Å². The Bertz CT molecular complexity index is 570. The Morgan fingerprint density at radius 3 is 2.89 bits per heavy atom. The Kier molecular flexibility index (Phi) is 2.39. The molecule has 1 aliphatic carbocycles. The van der Waals surface area contributed by atoms with Crippen LogP contribution in [0.25, 0.3) is 0 Å². The van der Waals surface area contributed by atoms with Crippen molar-refractivity contribution in [2.24, 2.45) is 0 Å². The van der Waals surface area contributed by atoms with Crippen molar-refractivity contribution < 1.29 is 9.59 Å². The summed E-state index contributed by atoms with van der Waals surface area (Å²) in [5.74, 6) is 0.712. The van der Waals surface area contributed by atoms with Gasteiger partial charge in [-0.1, -0.05) is 18.2 Å². The molecule has 0 aromatic heterocycles. The molecule has 2 fully saturated rings. The molecule has 0 radical (unpaired) electrons. The maximum absolute atomic E-state index is 12.4. The first-order valence-electron chi connectivity index (χ1n) is 6.59. The lowest BCUT2D eigenvalue weighted by atomic mass is 10.1. The van der Waals surface area contributed by atoms with E-state index in [-0.39, 0.29) is 23.2 Å². The fraction of sp³-hybridized carbons (Fsp3) is 0.429. The number of thioether (sulfide) groups is 1. The summed E-state index contributed by atoms with van der Waals surface area (Å²) in [6, 6.07) is 7.71. The van der Waals surface area contributed by atoms with Gasteiger partial charge >= 0.3 is 0 Å². The molecule has 1 N–H and O–H groups in total. The summed E-state index contributed by atoms with van der Waals surface area (Å²) in [7, 11) is 0. The Hall–Kier alpha value is -1.49. The molecule has 4 rings (SSSR count). The van der Waals surface area contributed by atoms with Gasteiger partial charge in [0.2, 0.25) is 5.91 Å². The number of amides is 2. The van der Waals surface area contributed by atoms with Gasteiger partial charge in [-0.2, -0.15) is 0 Å². The minimum Gasteiger partial charge on any atom is -0.352 e. The molecule has 0 unspecified atom stereocenters. The maximum atomic E-state index is 12.4. The highest BCUT2D eigenvalue weighted by atomic mass is 32.2. The van der Waals surface area contributed by atoms with Crippen LogP contribution in [0.5, 0.6) is 0 Å². The smallest absolute Gasteiger partial charge is 0.256 e. The number of hydrogen-bond donors (Lipinski definition) is 1. The van der Waals surface area contributed by atoms with E-state index in [1.54, 1.807) is 16.7 Å². The van der Waals surface area contributed by atoms with E-state index in [0.29, 0.717) is 11.8 Å². The number of hydrogen-bond acceptors (Lipinski definition) is 3. The van der Waals surface area contributed by atoms with Crippen LogP contribution in [0.15, 0.2) is 24.3 Å². The molecular weight excluding hydrogens is 260 g/mol. The third kappa shape index (κ3) is 1.68. The number of carbonyl (C=O) groups is 2. The SMILES string of the molecule is O=C(NC1CC1)[C@H]1CS[C@H]2c3ccccc3C(=O)N12. The fourth-order valence-corrected chi connectivity index (χ4v) is 4.23. The maximum Gasteiger partial charge on any atom is 0.256 e. The predicted molar refractivity (Wildman–Crippen MR) is 72.8 cm³/mol. The summed E-state index contributed by atoms with van der Waals surface area (Å²) in [6.45, 7) is 0. The Balaban J connectivity index is 1.63. The molecule has 4 nitrogen and oxygen atoms in total. The van der Waals surface area contributed by atoms with E-state index in [4.69, 9.17) is 0 Å². The van der Waals surface area contributed by atoms with Crippen LogP contribution in [-0.2, 0) is 4.79 Å². The van der Waals surface area contributed by atoms with E-state index < -0.39 is 0 Å². The van der Waals surface area contributed by atoms with Gasteiger partial charge in [-0.3, -0.25) is 9.59 Å². The zero-order valence-electron chi connectivity index (χ0n) is 10.3. The fourth-order valence-electron chi connectivity index (χ4n) is 2.77. The molecule has 2 aliphatic heterocycles. The molecule has 2 atom stereocenters. The normalized spacial score (nSPS) is 28.2. The van der Waals surface area contributed by atoms with Gasteiger partial charge in [-0.05, 0) is 24.5 Å². The van der Waals surface area contributed by atoms with Crippen molar-refractivity contribution in [3.63, 3.8) is 0 Å². The van der Waals surface area contributed by atoms with Gasteiger partial charge in [0.15, 0.2) is 0 Å². The van der Waals surface area contributed by atoms with Crippen molar-refractivity contribution in [3.8, 4) is 0 Å². The van der Waals surface area contributed by atoms with E-state index >= 15 is 0 Å². The molecule has 0 spiro atoms. The minimum absolute atomic E-state index is 0.00143. The molecule has 98 valence electrons. The van der Waals surface area contributed by atoms with Crippen LogP contribution in [0, 0.1) is 0 Å². The van der Waals surface area contributed by atoms with E-state index in [0.717, 1.165) is 24.0 Å². The van der Waals surface area contributed by atoms with E-state index in [1.165, 1.54) is 0 Å². The highest BCUT2D eigenvalue weighted by Gasteiger charge is 2.48. The molecular formula is C14H14N2O2S. The molecule has 1 saturated heterocycles. The monoisotopic (exact) mass is 274 g/mol. The number of fused-ring (bicyclic) bond motifs is 3. The quantitative estimate of drug-likeness (QED) is 0.890. The molecule has 1 aromatic rings. The van der Waals surface area contributed by atoms with Crippen LogP contribution in [-0.4, -0.2) is 34.6 Å². The molecule has 1 saturated carbocycles. The number of nitrogens with zero attached hydrogens (tertiary/aromatic N) is 1. The van der Waals surface area contributed by atoms with Crippen molar-refractivity contribution in [1.82, 2.24) is 10.2 Å². The third-order valence-electron chi connectivity index (χ3n) is 3.92. The summed E-state index contributed by atoms with van der Waals surface area (Å²) in [5.41, 5.74) is 1.81. The molecule has 5 heteroatoms. The average molecular weight is 274 g/mol. The van der Waals surface area contributed by atoms with Gasteiger partial charge in [0, 0.05) is 17.4 Å². The van der Waals surface area contributed by atoms with E-state index in [1.807, 2.05) is 24.3 Å². The summed E-state index contributed by atoms with van der Waals surface area (Å²) >= 11 is 1.69. The van der Waals surface area contributed by atoms with Crippen molar-refractivity contribution in [2.75, 3.05) is 5.75 Å². The molecule has 2 amide bonds. The zero-order chi connectivity index (χ0) is 13.0. The lowest BCUT2D eigenvalue weighted by molar-refractivity contribution is -0.124. The lowest BCUT2D eigenvalue weighted by Crippen LogP contribution is -2.46. The Morgan fingerprint density at radius 2 is 2.11 bits per heavy atom. The topological polar surface area (TPSA) is 49.4 Å². The molecule has 3 aliphatic rings. The van der Waals surface area contributed by atoms with Crippen LogP contribution in [0.2, 0.25) is 0 Å². The van der Waals surface area contributed by atoms with Gasteiger partial charge in [0.1, 0.15) is 11.4 Å². The van der Waals surface area contributed by atoms with Crippen molar-refractivity contribution >= 4 is 23.6 Å². The van der Waals surface area contributed by atoms with Gasteiger partial charge in [0.25, 0.3) is 5.91 Å². The van der Waals surface area contributed by atoms with Crippen molar-refractivity contribution in [3.05, 3.63) is 35.4 Å². The number of carbonyl (C=O) groups excluding carboxylic acids is 2. The standard InChI is InChI=1S/C14H14N2O2S/c17-12(15-8-5-6-8)11-7-19-14-10-4-2-1-3-9(10)13(18)16(11)14/h1-4,8,11,14H,5-7H2,(H,15,17)/t11-,14+/m1/s1. The second kappa shape index (κ2) is 4.00. The lowest BCUT2D eigenvalue weighted by Gasteiger charge is -2.22. The van der Waals surface area contributed by atoms with Crippen LogP contribution >= 0.6 is 11.8 Å². The highest BCUT2D eigenvalue weighted by Crippen LogP contribution is 2.48. The average Bonchev–Trinajstić information content (AvgIpc) is 3.04. The molecule has 19 heavy (non-hydrogen) atoms. The first-order chi connectivity index (χ1) is 9.25. The highest BCUT2D eigenvalue weighted by molar-refractivity contribution is 7.99. The van der Waals surface area contributed by atoms with E-state index in [9.17, 15) is 9.59 Å². The number of benzene rings is 1. The molecule has 1 aromatic carbocycles. The minimum atomic E-state index is -0.310.